The molecule has 0 spiro atoms. The Kier molecular flexibility index (Phi) is 4.16. The van der Waals surface area contributed by atoms with E-state index in [9.17, 15) is 8.42 Å². The van der Waals surface area contributed by atoms with Crippen LogP contribution in [0.4, 0.5) is 5.69 Å². The van der Waals surface area contributed by atoms with Crippen molar-refractivity contribution in [3.8, 4) is 5.75 Å². The third-order valence-electron chi connectivity index (χ3n) is 1.75. The van der Waals surface area contributed by atoms with E-state index < -0.39 is 17.3 Å². The van der Waals surface area contributed by atoms with E-state index in [0.29, 0.717) is 5.69 Å². The van der Waals surface area contributed by atoms with Crippen molar-refractivity contribution in [3.05, 3.63) is 24.3 Å². The summed E-state index contributed by atoms with van der Waals surface area (Å²) < 4.78 is 29.3. The largest absolute Gasteiger partial charge is 0.707 e. The zero-order valence-electron chi connectivity index (χ0n) is 8.62. The first-order chi connectivity index (χ1) is 7.43. The van der Waals surface area contributed by atoms with Gasteiger partial charge in [-0.2, -0.15) is 0 Å². The molecule has 0 saturated carbocycles. The highest BCUT2D eigenvalue weighted by Crippen LogP contribution is 2.16. The highest BCUT2D eigenvalue weighted by atomic mass is 32.2. The fourth-order valence-electron chi connectivity index (χ4n) is 0.975. The van der Waals surface area contributed by atoms with Crippen LogP contribution in [0.2, 0.25) is 0 Å². The van der Waals surface area contributed by atoms with Crippen LogP contribution in [0.3, 0.4) is 0 Å². The topological polar surface area (TPSA) is 95.9 Å². The minimum Gasteiger partial charge on any atom is -0.512 e. The van der Waals surface area contributed by atoms with E-state index >= 15 is 0 Å². The summed E-state index contributed by atoms with van der Waals surface area (Å²) in [5.41, 5.74) is 0.390. The first-order valence-corrected chi connectivity index (χ1v) is 6.21. The summed E-state index contributed by atoms with van der Waals surface area (Å²) in [6.45, 7) is 1.53. The Morgan fingerprint density at radius 1 is 1.31 bits per heavy atom. The summed E-state index contributed by atoms with van der Waals surface area (Å²) in [6.07, 6.45) is 0. The fraction of sp³-hybridized carbons (Fsp3) is 0.250. The third-order valence-corrected chi connectivity index (χ3v) is 3.06. The molecule has 3 N–H and O–H groups in total. The minimum atomic E-state index is -3.30. The first-order valence-electron chi connectivity index (χ1n) is 4.56. The monoisotopic (exact) mass is 245 g/mol. The van der Waals surface area contributed by atoms with Crippen LogP contribution in [-0.4, -0.2) is 31.5 Å². The summed E-state index contributed by atoms with van der Waals surface area (Å²) in [5.74, 6) is 0.218. The fourth-order valence-corrected chi connectivity index (χ4v) is 1.61. The van der Waals surface area contributed by atoms with Crippen LogP contribution in [0.5, 0.6) is 5.75 Å². The van der Waals surface area contributed by atoms with Gasteiger partial charge in [-0.1, -0.05) is 0 Å². The van der Waals surface area contributed by atoms with Crippen LogP contribution in [0.1, 0.15) is 6.92 Å². The van der Waals surface area contributed by atoms with Gasteiger partial charge in [-0.15, -0.1) is 0 Å². The van der Waals surface area contributed by atoms with Crippen LogP contribution in [0, 0.1) is 0 Å². The maximum absolute atomic E-state index is 11.2. The summed E-state index contributed by atoms with van der Waals surface area (Å²) in [5, 5.41) is 17.0. The van der Waals surface area contributed by atoms with E-state index in [-0.39, 0.29) is 11.5 Å². The molecule has 0 atom stereocenters. The van der Waals surface area contributed by atoms with Crippen molar-refractivity contribution in [2.24, 2.45) is 0 Å². The molecule has 16 heavy (non-hydrogen) atoms. The van der Waals surface area contributed by atoms with Crippen molar-refractivity contribution in [2.45, 2.75) is 6.92 Å². The number of hydrogen-bond donors (Lipinski definition) is 3. The smallest absolute Gasteiger partial charge is 0.512 e. The van der Waals surface area contributed by atoms with Crippen molar-refractivity contribution in [3.63, 3.8) is 0 Å². The second kappa shape index (κ2) is 5.19. The lowest BCUT2D eigenvalue weighted by Crippen LogP contribution is -2.20. The quantitative estimate of drug-likeness (QED) is 0.624. The van der Waals surface area contributed by atoms with Crippen LogP contribution >= 0.6 is 0 Å². The molecule has 0 aromatic heterocycles. The predicted molar refractivity (Wildman–Crippen MR) is 60.3 cm³/mol. The molecule has 0 amide bonds. The van der Waals surface area contributed by atoms with E-state index in [1.807, 2.05) is 0 Å². The summed E-state index contributed by atoms with van der Waals surface area (Å²) in [7, 11) is -5.19. The van der Waals surface area contributed by atoms with Crippen LogP contribution in [-0.2, 0) is 10.0 Å². The molecule has 6 nitrogen and oxygen atoms in total. The first kappa shape index (κ1) is 12.8. The summed E-state index contributed by atoms with van der Waals surface area (Å²) in [6, 6.07) is 5.77. The Bertz CT molecular complexity index is 430. The molecular weight excluding hydrogens is 233 g/mol. The van der Waals surface area contributed by atoms with E-state index in [4.69, 9.17) is 10.0 Å². The lowest BCUT2D eigenvalue weighted by molar-refractivity contribution is 0.288. The average Bonchev–Trinajstić information content (AvgIpc) is 2.20. The van der Waals surface area contributed by atoms with Crippen molar-refractivity contribution in [2.75, 3.05) is 10.5 Å². The predicted octanol–water partition coefficient (Wildman–Crippen LogP) is -0.203. The van der Waals surface area contributed by atoms with Gasteiger partial charge in [0.25, 0.3) is 0 Å². The highest BCUT2D eigenvalue weighted by Gasteiger charge is 2.11. The molecule has 0 aliphatic rings. The Labute approximate surface area is 94.1 Å². The maximum Gasteiger partial charge on any atom is 0.707 e. The third kappa shape index (κ3) is 4.09. The van der Waals surface area contributed by atoms with Crippen LogP contribution in [0.25, 0.3) is 0 Å². The van der Waals surface area contributed by atoms with Gasteiger partial charge in [0, 0.05) is 5.69 Å². The van der Waals surface area contributed by atoms with Gasteiger partial charge in [-0.3, -0.25) is 4.72 Å². The van der Waals surface area contributed by atoms with E-state index in [1.54, 1.807) is 0 Å². The molecule has 0 radical (unpaired) electrons. The van der Waals surface area contributed by atoms with E-state index in [1.165, 1.54) is 31.2 Å². The Balaban J connectivity index is 2.72. The van der Waals surface area contributed by atoms with Crippen molar-refractivity contribution in [1.82, 2.24) is 0 Å². The molecule has 1 rings (SSSR count). The standard InChI is InChI=1S/C8H12BNO5S/c1-2-16(13,14)10-7-3-5-8(6-4-7)15-9(11)12/h3-6,10-12H,2H2,1H3. The van der Waals surface area contributed by atoms with Crippen molar-refractivity contribution < 1.29 is 23.1 Å². The average molecular weight is 245 g/mol. The second-order valence-electron chi connectivity index (χ2n) is 2.97. The Hall–Kier alpha value is -1.25. The van der Waals surface area contributed by atoms with Crippen molar-refractivity contribution in [1.29, 1.82) is 0 Å². The van der Waals surface area contributed by atoms with Gasteiger partial charge in [-0.05, 0) is 31.2 Å². The van der Waals surface area contributed by atoms with Gasteiger partial charge in [-0.25, -0.2) is 8.42 Å². The van der Waals surface area contributed by atoms with E-state index in [0.717, 1.165) is 0 Å². The lowest BCUT2D eigenvalue weighted by atomic mass is 10.2. The number of anilines is 1. The molecule has 0 heterocycles. The number of benzene rings is 1. The maximum atomic E-state index is 11.2. The van der Waals surface area contributed by atoms with Crippen LogP contribution < -0.4 is 9.38 Å². The molecule has 8 heteroatoms. The lowest BCUT2D eigenvalue weighted by Gasteiger charge is -2.07. The molecular formula is C8H12BNO5S. The number of sulfonamides is 1. The molecule has 1 aromatic rings. The summed E-state index contributed by atoms with van der Waals surface area (Å²) in [4.78, 5) is 0. The van der Waals surface area contributed by atoms with E-state index in [2.05, 4.69) is 9.38 Å². The second-order valence-corrected chi connectivity index (χ2v) is 4.98. The number of rotatable bonds is 5. The number of nitrogens with one attached hydrogen (secondary N) is 1. The molecule has 0 saturated heterocycles. The molecule has 1 aromatic carbocycles. The normalized spacial score (nSPS) is 10.9. The van der Waals surface area contributed by atoms with Crippen molar-refractivity contribution >= 4 is 23.0 Å². The summed E-state index contributed by atoms with van der Waals surface area (Å²) >= 11 is 0. The Morgan fingerprint density at radius 2 is 1.88 bits per heavy atom. The SMILES string of the molecule is CCS(=O)(=O)Nc1ccc(OB(O)O)cc1. The molecule has 0 fully saturated rings. The Morgan fingerprint density at radius 3 is 2.31 bits per heavy atom. The van der Waals surface area contributed by atoms with Gasteiger partial charge >= 0.3 is 7.32 Å². The highest BCUT2D eigenvalue weighted by molar-refractivity contribution is 7.92. The molecule has 88 valence electrons. The van der Waals surface area contributed by atoms with Gasteiger partial charge in [0.15, 0.2) is 0 Å². The minimum absolute atomic E-state index is 0.0133. The number of hydrogen-bond acceptors (Lipinski definition) is 5. The van der Waals surface area contributed by atoms with Gasteiger partial charge in [0.2, 0.25) is 10.0 Å². The van der Waals surface area contributed by atoms with Gasteiger partial charge in [0.1, 0.15) is 5.75 Å². The van der Waals surface area contributed by atoms with Gasteiger partial charge in [0.05, 0.1) is 5.75 Å². The molecule has 0 aliphatic carbocycles. The molecule has 0 aliphatic heterocycles. The molecule has 0 bridgehead atoms. The zero-order chi connectivity index (χ0) is 12.2. The zero-order valence-corrected chi connectivity index (χ0v) is 9.44. The van der Waals surface area contributed by atoms with Crippen LogP contribution in [0.15, 0.2) is 24.3 Å². The van der Waals surface area contributed by atoms with Gasteiger partial charge < -0.3 is 14.7 Å². The molecule has 0 unspecified atom stereocenters.